The number of aliphatic hydroxyl groups is 1. The van der Waals surface area contributed by atoms with E-state index in [0.717, 1.165) is 24.4 Å². The second kappa shape index (κ2) is 5.26. The molecule has 0 spiro atoms. The third kappa shape index (κ3) is 2.56. The Balaban J connectivity index is 1.83. The summed E-state index contributed by atoms with van der Waals surface area (Å²) in [4.78, 5) is 2.51. The van der Waals surface area contributed by atoms with Gasteiger partial charge in [0.15, 0.2) is 0 Å². The van der Waals surface area contributed by atoms with E-state index in [1.165, 1.54) is 24.9 Å². The van der Waals surface area contributed by atoms with Crippen molar-refractivity contribution in [3.63, 3.8) is 0 Å². The first kappa shape index (κ1) is 13.1. The summed E-state index contributed by atoms with van der Waals surface area (Å²) >= 11 is 0. The predicted molar refractivity (Wildman–Crippen MR) is 78.2 cm³/mol. The molecule has 3 atom stereocenters. The molecule has 2 nitrogen and oxygen atoms in total. The molecule has 2 heteroatoms. The van der Waals surface area contributed by atoms with Crippen molar-refractivity contribution in [3.8, 4) is 0 Å². The number of nitrogens with zero attached hydrogens (tertiary/aromatic N) is 1. The van der Waals surface area contributed by atoms with Crippen LogP contribution in [0.5, 0.6) is 0 Å². The number of fused-ring (bicyclic) bond motifs is 1. The summed E-state index contributed by atoms with van der Waals surface area (Å²) in [5, 5.41) is 10.7. The normalized spacial score (nSPS) is 30.4. The van der Waals surface area contributed by atoms with Crippen molar-refractivity contribution in [2.24, 2.45) is 5.92 Å². The summed E-state index contributed by atoms with van der Waals surface area (Å²) in [5.41, 5.74) is 2.49. The Kier molecular flexibility index (Phi) is 3.64. The Morgan fingerprint density at radius 3 is 2.53 bits per heavy atom. The fourth-order valence-corrected chi connectivity index (χ4v) is 3.53. The summed E-state index contributed by atoms with van der Waals surface area (Å²) in [6, 6.07) is 8.72. The van der Waals surface area contributed by atoms with Crippen LogP contribution in [0.25, 0.3) is 0 Å². The molecule has 0 aromatic heterocycles. The highest BCUT2D eigenvalue weighted by molar-refractivity contribution is 5.35. The van der Waals surface area contributed by atoms with E-state index in [2.05, 4.69) is 36.9 Å². The second-order valence-electron chi connectivity index (χ2n) is 6.31. The lowest BCUT2D eigenvalue weighted by Gasteiger charge is -2.40. The lowest BCUT2D eigenvalue weighted by atomic mass is 9.78. The van der Waals surface area contributed by atoms with Crippen molar-refractivity contribution >= 4 is 0 Å². The summed E-state index contributed by atoms with van der Waals surface area (Å²) in [6.07, 6.45) is 3.53. The van der Waals surface area contributed by atoms with E-state index >= 15 is 0 Å². The Hall–Kier alpha value is -0.860. The lowest BCUT2D eigenvalue weighted by Crippen LogP contribution is -2.44. The maximum atomic E-state index is 10.7. The molecule has 1 fully saturated rings. The van der Waals surface area contributed by atoms with Gasteiger partial charge in [0, 0.05) is 12.6 Å². The van der Waals surface area contributed by atoms with Gasteiger partial charge < -0.3 is 5.11 Å². The van der Waals surface area contributed by atoms with Crippen molar-refractivity contribution in [2.45, 2.75) is 51.2 Å². The van der Waals surface area contributed by atoms with E-state index in [1.54, 1.807) is 0 Å². The molecule has 0 amide bonds. The van der Waals surface area contributed by atoms with Crippen LogP contribution in [0.3, 0.4) is 0 Å². The van der Waals surface area contributed by atoms with Gasteiger partial charge in [-0.1, -0.05) is 38.1 Å². The molecule has 2 aliphatic rings. The second-order valence-corrected chi connectivity index (χ2v) is 6.31. The first-order chi connectivity index (χ1) is 9.20. The molecule has 0 aliphatic heterocycles. The minimum Gasteiger partial charge on any atom is -0.387 e. The number of benzene rings is 1. The lowest BCUT2D eigenvalue weighted by molar-refractivity contribution is 0.0313. The molecular formula is C17H25NO. The van der Waals surface area contributed by atoms with Crippen LogP contribution in [0.2, 0.25) is 0 Å². The highest BCUT2D eigenvalue weighted by Gasteiger charge is 2.36. The molecule has 0 saturated heterocycles. The summed E-state index contributed by atoms with van der Waals surface area (Å²) in [7, 11) is 0. The topological polar surface area (TPSA) is 23.5 Å². The summed E-state index contributed by atoms with van der Waals surface area (Å²) < 4.78 is 0. The van der Waals surface area contributed by atoms with Gasteiger partial charge in [-0.05, 0) is 48.8 Å². The zero-order valence-corrected chi connectivity index (χ0v) is 12.0. The van der Waals surface area contributed by atoms with Crippen molar-refractivity contribution < 1.29 is 5.11 Å². The van der Waals surface area contributed by atoms with Gasteiger partial charge in [-0.2, -0.15) is 0 Å². The molecule has 1 aromatic carbocycles. The van der Waals surface area contributed by atoms with E-state index < -0.39 is 0 Å². The van der Waals surface area contributed by atoms with Crippen molar-refractivity contribution in [3.05, 3.63) is 35.4 Å². The number of rotatable bonds is 4. The zero-order valence-electron chi connectivity index (χ0n) is 12.0. The minimum absolute atomic E-state index is 0.301. The standard InChI is InChI=1S/C17H25NO/c1-3-18(11-13-8-9-13)16-10-12(2)14-6-4-5-7-15(14)17(16)19/h4-7,12-13,16-17,19H,3,8-11H2,1-2H3. The largest absolute Gasteiger partial charge is 0.387 e. The Morgan fingerprint density at radius 2 is 1.89 bits per heavy atom. The van der Waals surface area contributed by atoms with Gasteiger partial charge in [-0.25, -0.2) is 0 Å². The maximum Gasteiger partial charge on any atom is 0.0948 e. The van der Waals surface area contributed by atoms with Crippen LogP contribution in [0.15, 0.2) is 24.3 Å². The minimum atomic E-state index is -0.314. The Bertz CT molecular complexity index is 441. The van der Waals surface area contributed by atoms with Crippen LogP contribution in [0, 0.1) is 5.92 Å². The highest BCUT2D eigenvalue weighted by atomic mass is 16.3. The van der Waals surface area contributed by atoms with Crippen LogP contribution >= 0.6 is 0 Å². The van der Waals surface area contributed by atoms with Crippen molar-refractivity contribution in [2.75, 3.05) is 13.1 Å². The van der Waals surface area contributed by atoms with Crippen LogP contribution < -0.4 is 0 Å². The quantitative estimate of drug-likeness (QED) is 0.896. The monoisotopic (exact) mass is 259 g/mol. The van der Waals surface area contributed by atoms with E-state index in [9.17, 15) is 5.11 Å². The van der Waals surface area contributed by atoms with Crippen molar-refractivity contribution in [1.29, 1.82) is 0 Å². The molecule has 104 valence electrons. The smallest absolute Gasteiger partial charge is 0.0948 e. The van der Waals surface area contributed by atoms with E-state index in [0.29, 0.717) is 12.0 Å². The Labute approximate surface area is 116 Å². The van der Waals surface area contributed by atoms with Gasteiger partial charge in [-0.3, -0.25) is 4.90 Å². The predicted octanol–water partition coefficient (Wildman–Crippen LogP) is 3.33. The summed E-state index contributed by atoms with van der Waals surface area (Å²) in [6.45, 7) is 6.74. The van der Waals surface area contributed by atoms with Gasteiger partial charge >= 0.3 is 0 Å². The average Bonchev–Trinajstić information content (AvgIpc) is 3.24. The van der Waals surface area contributed by atoms with Crippen LogP contribution in [0.1, 0.15) is 56.3 Å². The van der Waals surface area contributed by atoms with Gasteiger partial charge in [0.2, 0.25) is 0 Å². The SMILES string of the molecule is CCN(CC1CC1)C1CC(C)c2ccccc2C1O. The highest BCUT2D eigenvalue weighted by Crippen LogP contribution is 2.41. The summed E-state index contributed by atoms with van der Waals surface area (Å²) in [5.74, 6) is 1.44. The van der Waals surface area contributed by atoms with Crippen molar-refractivity contribution in [1.82, 2.24) is 4.90 Å². The number of hydrogen-bond acceptors (Lipinski definition) is 2. The maximum absolute atomic E-state index is 10.7. The fraction of sp³-hybridized carbons (Fsp3) is 0.647. The van der Waals surface area contributed by atoms with E-state index in [4.69, 9.17) is 0 Å². The third-order valence-corrected chi connectivity index (χ3v) is 4.87. The average molecular weight is 259 g/mol. The molecule has 0 radical (unpaired) electrons. The number of likely N-dealkylation sites (N-methyl/N-ethyl adjacent to an activating group) is 1. The number of aliphatic hydroxyl groups excluding tert-OH is 1. The molecular weight excluding hydrogens is 234 g/mol. The molecule has 1 N–H and O–H groups in total. The molecule has 3 rings (SSSR count). The molecule has 19 heavy (non-hydrogen) atoms. The first-order valence-electron chi connectivity index (χ1n) is 7.71. The van der Waals surface area contributed by atoms with E-state index in [-0.39, 0.29) is 6.10 Å². The number of hydrogen-bond donors (Lipinski definition) is 1. The van der Waals surface area contributed by atoms with Gasteiger partial charge in [0.25, 0.3) is 0 Å². The van der Waals surface area contributed by atoms with Gasteiger partial charge in [0.1, 0.15) is 0 Å². The Morgan fingerprint density at radius 1 is 1.21 bits per heavy atom. The fourth-order valence-electron chi connectivity index (χ4n) is 3.53. The van der Waals surface area contributed by atoms with Gasteiger partial charge in [0.05, 0.1) is 6.10 Å². The molecule has 1 aromatic rings. The molecule has 3 unspecified atom stereocenters. The van der Waals surface area contributed by atoms with Crippen LogP contribution in [-0.2, 0) is 0 Å². The zero-order chi connectivity index (χ0) is 13.4. The van der Waals surface area contributed by atoms with Crippen LogP contribution in [-0.4, -0.2) is 29.1 Å². The molecule has 0 bridgehead atoms. The van der Waals surface area contributed by atoms with E-state index in [1.807, 2.05) is 6.07 Å². The van der Waals surface area contributed by atoms with Crippen LogP contribution in [0.4, 0.5) is 0 Å². The molecule has 1 saturated carbocycles. The third-order valence-electron chi connectivity index (χ3n) is 4.87. The first-order valence-corrected chi connectivity index (χ1v) is 7.71. The molecule has 2 aliphatic carbocycles. The molecule has 0 heterocycles. The van der Waals surface area contributed by atoms with Gasteiger partial charge in [-0.15, -0.1) is 0 Å².